The molecule has 2 aliphatic rings. The number of hydrogen-bond donors (Lipinski definition) is 0. The van der Waals surface area contributed by atoms with E-state index in [9.17, 15) is 9.59 Å². The number of esters is 2. The van der Waals surface area contributed by atoms with Gasteiger partial charge >= 0.3 is 11.9 Å². The van der Waals surface area contributed by atoms with Crippen LogP contribution in [-0.4, -0.2) is 68.2 Å². The summed E-state index contributed by atoms with van der Waals surface area (Å²) in [4.78, 5) is 27.5. The summed E-state index contributed by atoms with van der Waals surface area (Å²) in [5, 5.41) is 0. The maximum absolute atomic E-state index is 12.4. The van der Waals surface area contributed by atoms with E-state index in [1.807, 2.05) is 0 Å². The Balaban J connectivity index is 1.60. The first kappa shape index (κ1) is 55.0. The van der Waals surface area contributed by atoms with Gasteiger partial charge in [-0.2, -0.15) is 0 Å². The second-order valence-corrected chi connectivity index (χ2v) is 19.3. The maximum atomic E-state index is 12.4. The van der Waals surface area contributed by atoms with E-state index >= 15 is 0 Å². The van der Waals surface area contributed by atoms with Crippen molar-refractivity contribution in [1.29, 1.82) is 0 Å². The summed E-state index contributed by atoms with van der Waals surface area (Å²) < 4.78 is 24.7. The molecule has 0 radical (unpaired) electrons. The van der Waals surface area contributed by atoms with E-state index in [1.165, 1.54) is 167 Å². The van der Waals surface area contributed by atoms with Gasteiger partial charge in [0.05, 0.1) is 25.9 Å². The van der Waals surface area contributed by atoms with Crippen molar-refractivity contribution in [3.63, 3.8) is 0 Å². The minimum Gasteiger partial charge on any atom is -0.466 e. The normalized spacial score (nSPS) is 16.7. The van der Waals surface area contributed by atoms with Gasteiger partial charge in [0.1, 0.15) is 0 Å². The molecule has 2 aliphatic heterocycles. The van der Waals surface area contributed by atoms with E-state index in [4.69, 9.17) is 18.9 Å². The Morgan fingerprint density at radius 2 is 0.933 bits per heavy atom. The van der Waals surface area contributed by atoms with Gasteiger partial charge in [-0.05, 0) is 82.7 Å². The number of carbonyl (C=O) groups is 2. The van der Waals surface area contributed by atoms with Crippen LogP contribution in [0.5, 0.6) is 0 Å². The summed E-state index contributed by atoms with van der Waals surface area (Å²) in [5.74, 6) is 1.00. The van der Waals surface area contributed by atoms with Crippen molar-refractivity contribution in [2.24, 2.45) is 11.8 Å². The SMILES string of the molecule is CCCCCC(CCCCC)CCOC(=O)CCCCCCCCC1(CCCCCCCCC(=O)OCCC(CCCCC)CCCCC)OCC(CCN2CCCC2)O1. The number of ether oxygens (including phenoxy) is 4. The van der Waals surface area contributed by atoms with Crippen molar-refractivity contribution in [3.05, 3.63) is 0 Å². The lowest BCUT2D eigenvalue weighted by atomic mass is 9.92. The van der Waals surface area contributed by atoms with Gasteiger partial charge in [-0.3, -0.25) is 9.59 Å². The predicted molar refractivity (Wildman–Crippen MR) is 252 cm³/mol. The molecule has 1 unspecified atom stereocenters. The van der Waals surface area contributed by atoms with Gasteiger partial charge in [0.2, 0.25) is 0 Å². The number of nitrogens with zero attached hydrogens (tertiary/aromatic N) is 1. The van der Waals surface area contributed by atoms with Crippen LogP contribution in [0.2, 0.25) is 0 Å². The minimum absolute atomic E-state index is 0.00240. The molecule has 2 heterocycles. The molecule has 1 atom stereocenters. The molecule has 0 spiro atoms. The van der Waals surface area contributed by atoms with Crippen LogP contribution < -0.4 is 0 Å². The molecule has 60 heavy (non-hydrogen) atoms. The second-order valence-electron chi connectivity index (χ2n) is 19.3. The lowest BCUT2D eigenvalue weighted by molar-refractivity contribution is -0.180. The first-order chi connectivity index (χ1) is 29.4. The molecule has 354 valence electrons. The Morgan fingerprint density at radius 3 is 1.35 bits per heavy atom. The highest BCUT2D eigenvalue weighted by Crippen LogP contribution is 2.36. The van der Waals surface area contributed by atoms with E-state index in [0.717, 1.165) is 83.8 Å². The molecule has 0 saturated carbocycles. The summed E-state index contributed by atoms with van der Waals surface area (Å²) in [6.45, 7) is 14.6. The number of unbranched alkanes of at least 4 members (excludes halogenated alkanes) is 18. The molecule has 0 aromatic carbocycles. The molecule has 7 heteroatoms. The Morgan fingerprint density at radius 1 is 0.533 bits per heavy atom. The lowest BCUT2D eigenvalue weighted by Gasteiger charge is -2.29. The summed E-state index contributed by atoms with van der Waals surface area (Å²) in [5.41, 5.74) is 0. The molecule has 0 aromatic rings. The smallest absolute Gasteiger partial charge is 0.305 e. The average Bonchev–Trinajstić information content (AvgIpc) is 3.92. The number of likely N-dealkylation sites (tertiary alicyclic amines) is 1. The average molecular weight is 848 g/mol. The third-order valence-corrected chi connectivity index (χ3v) is 13.7. The van der Waals surface area contributed by atoms with Gasteiger partial charge in [0.15, 0.2) is 5.79 Å². The van der Waals surface area contributed by atoms with Crippen LogP contribution in [0.25, 0.3) is 0 Å². The molecule has 2 rings (SSSR count). The van der Waals surface area contributed by atoms with Crippen LogP contribution in [0.3, 0.4) is 0 Å². The first-order valence-corrected chi connectivity index (χ1v) is 26.8. The van der Waals surface area contributed by atoms with Crippen molar-refractivity contribution < 1.29 is 28.5 Å². The molecule has 0 N–H and O–H groups in total. The van der Waals surface area contributed by atoms with Crippen LogP contribution in [0.1, 0.15) is 265 Å². The summed E-state index contributed by atoms with van der Waals surface area (Å²) in [6, 6.07) is 0. The van der Waals surface area contributed by atoms with Crippen LogP contribution >= 0.6 is 0 Å². The van der Waals surface area contributed by atoms with Crippen molar-refractivity contribution in [1.82, 2.24) is 4.90 Å². The van der Waals surface area contributed by atoms with E-state index in [2.05, 4.69) is 32.6 Å². The van der Waals surface area contributed by atoms with Gasteiger partial charge in [-0.15, -0.1) is 0 Å². The molecule has 0 bridgehead atoms. The van der Waals surface area contributed by atoms with E-state index in [0.29, 0.717) is 37.9 Å². The third kappa shape index (κ3) is 29.2. The van der Waals surface area contributed by atoms with Gasteiger partial charge in [0, 0.05) is 32.2 Å². The summed E-state index contributed by atoms with van der Waals surface area (Å²) in [7, 11) is 0. The Labute approximate surface area is 372 Å². The third-order valence-electron chi connectivity index (χ3n) is 13.7. The fraction of sp³-hybridized carbons (Fsp3) is 0.962. The summed E-state index contributed by atoms with van der Waals surface area (Å²) in [6.07, 6.45) is 43.3. The predicted octanol–water partition coefficient (Wildman–Crippen LogP) is 15.2. The molecule has 0 amide bonds. The molecule has 0 aliphatic carbocycles. The molecule has 2 fully saturated rings. The van der Waals surface area contributed by atoms with E-state index in [-0.39, 0.29) is 18.0 Å². The van der Waals surface area contributed by atoms with Gasteiger partial charge in [-0.25, -0.2) is 0 Å². The van der Waals surface area contributed by atoms with Gasteiger partial charge in [0.25, 0.3) is 0 Å². The Bertz CT molecular complexity index is 906. The fourth-order valence-corrected chi connectivity index (χ4v) is 9.64. The number of rotatable bonds is 43. The lowest BCUT2D eigenvalue weighted by Crippen LogP contribution is -2.32. The molecular formula is C53H101NO6. The van der Waals surface area contributed by atoms with Crippen molar-refractivity contribution in [2.75, 3.05) is 39.5 Å². The van der Waals surface area contributed by atoms with E-state index < -0.39 is 5.79 Å². The van der Waals surface area contributed by atoms with Crippen molar-refractivity contribution in [2.45, 2.75) is 277 Å². The number of carbonyl (C=O) groups excluding carboxylic acids is 2. The number of hydrogen-bond acceptors (Lipinski definition) is 7. The quantitative estimate of drug-likeness (QED) is 0.0447. The van der Waals surface area contributed by atoms with Crippen LogP contribution in [0, 0.1) is 11.8 Å². The van der Waals surface area contributed by atoms with Crippen LogP contribution in [0.15, 0.2) is 0 Å². The fourth-order valence-electron chi connectivity index (χ4n) is 9.64. The van der Waals surface area contributed by atoms with E-state index in [1.54, 1.807) is 0 Å². The molecule has 7 nitrogen and oxygen atoms in total. The minimum atomic E-state index is -0.417. The molecular weight excluding hydrogens is 747 g/mol. The first-order valence-electron chi connectivity index (χ1n) is 26.8. The zero-order valence-electron chi connectivity index (χ0n) is 40.5. The Kier molecular flexibility index (Phi) is 35.1. The molecule has 2 saturated heterocycles. The highest BCUT2D eigenvalue weighted by atomic mass is 16.7. The zero-order chi connectivity index (χ0) is 43.2. The largest absolute Gasteiger partial charge is 0.466 e. The van der Waals surface area contributed by atoms with Crippen molar-refractivity contribution in [3.8, 4) is 0 Å². The van der Waals surface area contributed by atoms with Crippen LogP contribution in [-0.2, 0) is 28.5 Å². The topological polar surface area (TPSA) is 74.3 Å². The molecule has 0 aromatic heterocycles. The van der Waals surface area contributed by atoms with Crippen LogP contribution in [0.4, 0.5) is 0 Å². The summed E-state index contributed by atoms with van der Waals surface area (Å²) >= 11 is 0. The maximum Gasteiger partial charge on any atom is 0.305 e. The zero-order valence-corrected chi connectivity index (χ0v) is 40.5. The standard InChI is InChI=1S/C53H101NO6/c1-5-9-21-31-48(32-22-10-6-2)38-45-57-51(55)35-25-17-13-15-19-27-40-53(59-47-50(60-53)37-44-54-42-29-30-43-54)41-28-20-16-14-18-26-36-52(56)58-46-39-49(33-23-11-7-3)34-24-12-8-4/h48-50H,5-47H2,1-4H3. The highest BCUT2D eigenvalue weighted by molar-refractivity contribution is 5.69. The Hall–Kier alpha value is -1.18. The highest BCUT2D eigenvalue weighted by Gasteiger charge is 2.40. The second kappa shape index (κ2) is 38.3. The van der Waals surface area contributed by atoms with Gasteiger partial charge in [-0.1, -0.05) is 182 Å². The van der Waals surface area contributed by atoms with Crippen molar-refractivity contribution >= 4 is 11.9 Å². The van der Waals surface area contributed by atoms with Gasteiger partial charge < -0.3 is 23.8 Å². The monoisotopic (exact) mass is 848 g/mol.